The minimum Gasteiger partial charge on any atom is -0.456 e. The highest BCUT2D eigenvalue weighted by molar-refractivity contribution is 7.99. The molecule has 232 valence electrons. The maximum atomic E-state index is 11.9. The Morgan fingerprint density at radius 3 is 2.41 bits per heavy atom. The lowest BCUT2D eigenvalue weighted by Gasteiger charge is -2.21. The van der Waals surface area contributed by atoms with Gasteiger partial charge in [-0.15, -0.1) is 0 Å². The number of methoxy groups -OCH3 is 1. The lowest BCUT2D eigenvalue weighted by molar-refractivity contribution is -0.152. The molecule has 1 fully saturated rings. The van der Waals surface area contributed by atoms with Gasteiger partial charge in [-0.2, -0.15) is 11.8 Å². The number of aliphatic hydroxyl groups is 2. The number of thioether (sulfide) groups is 1. The monoisotopic (exact) mass is 593 g/mol. The number of hydrogen-bond donors (Lipinski definition) is 2. The van der Waals surface area contributed by atoms with E-state index in [0.717, 1.165) is 61.4 Å². The van der Waals surface area contributed by atoms with E-state index < -0.39 is 12.2 Å². The van der Waals surface area contributed by atoms with Crippen LogP contribution in [0.3, 0.4) is 0 Å². The Hall–Kier alpha value is -2.20. The van der Waals surface area contributed by atoms with Gasteiger partial charge < -0.3 is 24.6 Å². The number of esters is 1. The number of ketones is 1. The molecule has 3 atom stereocenters. The van der Waals surface area contributed by atoms with Crippen LogP contribution in [-0.4, -0.2) is 83.3 Å². The Morgan fingerprint density at radius 1 is 1.10 bits per heavy atom. The summed E-state index contributed by atoms with van der Waals surface area (Å²) in [5.41, 5.74) is 2.10. The number of ether oxygens (including phenoxy) is 2. The van der Waals surface area contributed by atoms with Crippen LogP contribution in [0, 0.1) is 5.92 Å². The second-order valence-corrected chi connectivity index (χ2v) is 11.6. The molecule has 0 saturated heterocycles. The first kappa shape index (κ1) is 36.8. The topological polar surface area (TPSA) is 113 Å². The van der Waals surface area contributed by atoms with Crippen LogP contribution in [0.2, 0.25) is 0 Å². The minimum absolute atomic E-state index is 0.0811. The largest absolute Gasteiger partial charge is 0.456 e. The zero-order valence-electron chi connectivity index (χ0n) is 25.4. The summed E-state index contributed by atoms with van der Waals surface area (Å²) in [5, 5.41) is 19.7. The van der Waals surface area contributed by atoms with E-state index in [-0.39, 0.29) is 36.6 Å². The summed E-state index contributed by atoms with van der Waals surface area (Å²) in [4.78, 5) is 36.4. The smallest absolute Gasteiger partial charge is 0.306 e. The van der Waals surface area contributed by atoms with Gasteiger partial charge in [-0.1, -0.05) is 57.2 Å². The Morgan fingerprint density at radius 2 is 1.80 bits per heavy atom. The summed E-state index contributed by atoms with van der Waals surface area (Å²) in [6.45, 7) is 8.13. The summed E-state index contributed by atoms with van der Waals surface area (Å²) in [6, 6.07) is 7.90. The lowest BCUT2D eigenvalue weighted by atomic mass is 10.0. The van der Waals surface area contributed by atoms with E-state index in [1.54, 1.807) is 24.2 Å². The van der Waals surface area contributed by atoms with Crippen LogP contribution in [0.25, 0.3) is 0 Å². The second kappa shape index (κ2) is 22.4. The van der Waals surface area contributed by atoms with Gasteiger partial charge in [0.05, 0.1) is 18.8 Å². The number of carbonyl (C=O) groups excluding carboxylic acids is 3. The predicted molar refractivity (Wildman–Crippen MR) is 165 cm³/mol. The number of Topliss-reactive ketones (excluding diaryl/α,β-unsaturated/α-hetero) is 1. The van der Waals surface area contributed by atoms with Crippen molar-refractivity contribution in [1.82, 2.24) is 4.90 Å². The van der Waals surface area contributed by atoms with Crippen LogP contribution in [0.5, 0.6) is 0 Å². The van der Waals surface area contributed by atoms with Gasteiger partial charge in [0.1, 0.15) is 5.78 Å². The molecule has 1 aliphatic carbocycles. The molecule has 0 spiro atoms. The average molecular weight is 594 g/mol. The number of hydrogen-bond acceptors (Lipinski definition) is 8. The van der Waals surface area contributed by atoms with Crippen molar-refractivity contribution in [2.75, 3.05) is 38.3 Å². The van der Waals surface area contributed by atoms with Crippen molar-refractivity contribution in [3.8, 4) is 0 Å². The number of carbonyl (C=O) groups is 3. The molecular weight excluding hydrogens is 542 g/mol. The Kier molecular flexibility index (Phi) is 20.1. The van der Waals surface area contributed by atoms with Gasteiger partial charge >= 0.3 is 5.97 Å². The molecule has 1 saturated carbocycles. The van der Waals surface area contributed by atoms with Gasteiger partial charge in [0, 0.05) is 51.8 Å². The molecule has 9 heteroatoms. The van der Waals surface area contributed by atoms with Crippen molar-refractivity contribution in [3.05, 3.63) is 47.5 Å². The average Bonchev–Trinajstić information content (AvgIpc) is 3.27. The molecule has 0 unspecified atom stereocenters. The summed E-state index contributed by atoms with van der Waals surface area (Å²) in [7, 11) is 1.65. The fourth-order valence-electron chi connectivity index (χ4n) is 4.43. The number of nitrogens with zero attached hydrogens (tertiary/aromatic N) is 1. The van der Waals surface area contributed by atoms with E-state index in [1.807, 2.05) is 49.9 Å². The quantitative estimate of drug-likeness (QED) is 0.143. The fourth-order valence-corrected chi connectivity index (χ4v) is 5.27. The van der Waals surface area contributed by atoms with E-state index in [4.69, 9.17) is 9.47 Å². The first-order valence-corrected chi connectivity index (χ1v) is 16.0. The van der Waals surface area contributed by atoms with Crippen molar-refractivity contribution in [2.24, 2.45) is 5.92 Å². The van der Waals surface area contributed by atoms with Crippen LogP contribution < -0.4 is 0 Å². The third-order valence-electron chi connectivity index (χ3n) is 6.44. The van der Waals surface area contributed by atoms with Crippen LogP contribution in [-0.2, 0) is 36.9 Å². The molecule has 8 nitrogen and oxygen atoms in total. The highest BCUT2D eigenvalue weighted by Gasteiger charge is 2.29. The van der Waals surface area contributed by atoms with E-state index >= 15 is 0 Å². The summed E-state index contributed by atoms with van der Waals surface area (Å²) >= 11 is 1.85. The standard InChI is InChI=1S/C17H22O4.C15H29NO3S/c1-21-11-13-4-2-3-12(7-13)8-15(18)6-5-14-9-16(19)10-17(14)20;1-4-9-16(10-5-2)14(17)13-19-15(18)8-7-12-20-11-6-3/h2-7,14-15,17-18,20H,8-11H2,1H3;4-13H2,1-3H3/b6-5+;/t14-,15-,17-;/m1./s1. The maximum absolute atomic E-state index is 11.9. The molecule has 0 bridgehead atoms. The highest BCUT2D eigenvalue weighted by Crippen LogP contribution is 2.24. The molecule has 1 amide bonds. The first-order valence-electron chi connectivity index (χ1n) is 14.9. The third kappa shape index (κ3) is 16.7. The Labute approximate surface area is 250 Å². The van der Waals surface area contributed by atoms with Crippen molar-refractivity contribution in [3.63, 3.8) is 0 Å². The van der Waals surface area contributed by atoms with Gasteiger partial charge in [-0.05, 0) is 48.3 Å². The van der Waals surface area contributed by atoms with Crippen molar-refractivity contribution < 1.29 is 34.1 Å². The highest BCUT2D eigenvalue weighted by atomic mass is 32.2. The number of rotatable bonds is 18. The van der Waals surface area contributed by atoms with Gasteiger partial charge in [0.15, 0.2) is 6.61 Å². The molecule has 0 aliphatic heterocycles. The molecule has 0 aromatic heterocycles. The molecule has 2 N–H and O–H groups in total. The lowest BCUT2D eigenvalue weighted by Crippen LogP contribution is -2.35. The summed E-state index contributed by atoms with van der Waals surface area (Å²) in [5.74, 6) is 1.70. The first-order chi connectivity index (χ1) is 19.7. The molecule has 2 rings (SSSR count). The van der Waals surface area contributed by atoms with Crippen molar-refractivity contribution in [1.29, 1.82) is 0 Å². The van der Waals surface area contributed by atoms with Crippen LogP contribution >= 0.6 is 11.8 Å². The SMILES string of the molecule is CCCSCCCC(=O)OCC(=O)N(CCC)CCC.COCc1cccc(C[C@H](O)/C=C/[C@@H]2CC(=O)C[C@H]2O)c1. The Bertz CT molecular complexity index is 917. The number of benzene rings is 1. The zero-order chi connectivity index (χ0) is 30.5. The summed E-state index contributed by atoms with van der Waals surface area (Å²) in [6.07, 6.45) is 7.56. The maximum Gasteiger partial charge on any atom is 0.306 e. The molecule has 0 radical (unpaired) electrons. The third-order valence-corrected chi connectivity index (χ3v) is 7.71. The van der Waals surface area contributed by atoms with Gasteiger partial charge in [0.25, 0.3) is 5.91 Å². The number of amides is 1. The fraction of sp³-hybridized carbons (Fsp3) is 0.656. The van der Waals surface area contributed by atoms with Gasteiger partial charge in [0.2, 0.25) is 0 Å². The van der Waals surface area contributed by atoms with Crippen molar-refractivity contribution in [2.45, 2.75) is 91.0 Å². The second-order valence-electron chi connectivity index (χ2n) is 10.3. The summed E-state index contributed by atoms with van der Waals surface area (Å²) < 4.78 is 10.1. The van der Waals surface area contributed by atoms with Gasteiger partial charge in [-0.25, -0.2) is 0 Å². The van der Waals surface area contributed by atoms with Crippen LogP contribution in [0.1, 0.15) is 76.8 Å². The molecule has 1 aliphatic rings. The molecule has 1 aromatic carbocycles. The van der Waals surface area contributed by atoms with E-state index in [9.17, 15) is 24.6 Å². The van der Waals surface area contributed by atoms with Crippen molar-refractivity contribution >= 4 is 29.4 Å². The molecule has 41 heavy (non-hydrogen) atoms. The number of aliphatic hydroxyl groups excluding tert-OH is 2. The normalized spacial score (nSPS) is 17.3. The van der Waals surface area contributed by atoms with Crippen LogP contribution in [0.15, 0.2) is 36.4 Å². The van der Waals surface area contributed by atoms with E-state index in [1.165, 1.54) is 0 Å². The zero-order valence-corrected chi connectivity index (χ0v) is 26.2. The van der Waals surface area contributed by atoms with E-state index in [2.05, 4.69) is 6.92 Å². The Balaban J connectivity index is 0.000000411. The van der Waals surface area contributed by atoms with E-state index in [0.29, 0.717) is 25.9 Å². The molecular formula is C32H51NO7S. The molecule has 1 aromatic rings. The predicted octanol–water partition coefficient (Wildman–Crippen LogP) is 4.73. The van der Waals surface area contributed by atoms with Crippen LogP contribution in [0.4, 0.5) is 0 Å². The van der Waals surface area contributed by atoms with Gasteiger partial charge in [-0.3, -0.25) is 14.4 Å². The minimum atomic E-state index is -0.620. The molecule has 0 heterocycles.